The van der Waals surface area contributed by atoms with E-state index in [-0.39, 0.29) is 0 Å². The van der Waals surface area contributed by atoms with Crippen LogP contribution in [0, 0.1) is 0 Å². The van der Waals surface area contributed by atoms with E-state index in [9.17, 15) is 4.57 Å². The van der Waals surface area contributed by atoms with Gasteiger partial charge >= 0.3 is 0 Å². The fraction of sp³-hybridized carbons (Fsp3) is 0. The second kappa shape index (κ2) is 1.41. The quantitative estimate of drug-likeness (QED) is 0.528. The maximum absolute atomic E-state index is 11.7. The van der Waals surface area contributed by atoms with Crippen LogP contribution in [0.3, 0.4) is 0 Å². The summed E-state index contributed by atoms with van der Waals surface area (Å²) < 4.78 is 12.5. The molecule has 3 aliphatic rings. The molecule has 2 nitrogen and oxygen atoms in total. The first-order chi connectivity index (χ1) is 5.73. The van der Waals surface area contributed by atoms with E-state index in [0.29, 0.717) is 0 Å². The van der Waals surface area contributed by atoms with Crippen molar-refractivity contribution in [2.45, 2.75) is 4.34 Å². The summed E-state index contributed by atoms with van der Waals surface area (Å²) in [5.41, 5.74) is 0.943. The molecule has 12 heavy (non-hydrogen) atoms. The zero-order valence-electron chi connectivity index (χ0n) is 5.74. The Bertz CT molecular complexity index is 558. The van der Waals surface area contributed by atoms with Crippen molar-refractivity contribution >= 4 is 42.5 Å². The monoisotopic (exact) mass is 211 g/mol. The molecule has 0 radical (unpaired) electrons. The van der Waals surface area contributed by atoms with Crippen molar-refractivity contribution in [1.82, 2.24) is 4.98 Å². The largest absolute Gasteiger partial charge is 0.308 e. The van der Waals surface area contributed by atoms with Gasteiger partial charge in [-0.15, -0.1) is 24.0 Å². The first-order valence-corrected chi connectivity index (χ1v) is 6.48. The van der Waals surface area contributed by atoms with Crippen LogP contribution in [0.4, 0.5) is 0 Å². The lowest BCUT2D eigenvalue weighted by Gasteiger charge is -2.00. The first-order valence-electron chi connectivity index (χ1n) is 3.51. The van der Waals surface area contributed by atoms with Gasteiger partial charge in [-0.05, 0) is 6.08 Å². The minimum absolute atomic E-state index is 0.768. The Hall–Kier alpha value is -0.310. The highest BCUT2D eigenvalue weighted by Gasteiger charge is 2.73. The lowest BCUT2D eigenvalue weighted by atomic mass is 10.2. The molecule has 4 rings (SSSR count). The van der Waals surface area contributed by atoms with Crippen molar-refractivity contribution in [2.75, 3.05) is 0 Å². The van der Waals surface area contributed by atoms with Gasteiger partial charge in [0.25, 0.3) is 0 Å². The third kappa shape index (κ3) is 0.421. The summed E-state index contributed by atoms with van der Waals surface area (Å²) in [6, 6.07) is 0. The molecule has 1 fully saturated rings. The molecule has 0 aromatic carbocycles. The van der Waals surface area contributed by atoms with E-state index in [4.69, 9.17) is 0 Å². The summed E-state index contributed by atoms with van der Waals surface area (Å²) in [5, 5.41) is 3.27. The lowest BCUT2D eigenvalue weighted by Crippen LogP contribution is -1.84. The van der Waals surface area contributed by atoms with E-state index in [2.05, 4.69) is 17.6 Å². The molecule has 0 amide bonds. The summed E-state index contributed by atoms with van der Waals surface area (Å²) in [5.74, 6) is 0. The average molecular weight is 211 g/mol. The molecular formula is C7H2NOPS2. The number of thiazole rings is 1. The van der Waals surface area contributed by atoms with Gasteiger partial charge in [-0.2, -0.15) is 0 Å². The molecule has 5 heteroatoms. The predicted molar refractivity (Wildman–Crippen MR) is 51.9 cm³/mol. The van der Waals surface area contributed by atoms with E-state index in [0.717, 1.165) is 30.9 Å². The van der Waals surface area contributed by atoms with Gasteiger partial charge in [0.05, 0.1) is 15.9 Å². The molecule has 1 unspecified atom stereocenters. The SMILES string of the molecule is O=P12C3=Cc4sc(S)nc4C1=C32. The molecule has 1 aromatic rings. The molecule has 0 spiro atoms. The number of nitrogens with zero attached hydrogens (tertiary/aromatic N) is 1. The lowest BCUT2D eigenvalue weighted by molar-refractivity contribution is 0.597. The first kappa shape index (κ1) is 6.19. The average Bonchev–Trinajstić information content (AvgIpc) is 2.75. The molecule has 0 saturated carbocycles. The second-order valence-electron chi connectivity index (χ2n) is 3.05. The van der Waals surface area contributed by atoms with Crippen LogP contribution in [0.15, 0.2) is 15.0 Å². The Labute approximate surface area is 77.8 Å². The third-order valence-electron chi connectivity index (χ3n) is 2.47. The minimum Gasteiger partial charge on any atom is -0.308 e. The Balaban J connectivity index is 2.17. The van der Waals surface area contributed by atoms with Crippen molar-refractivity contribution in [3.8, 4) is 0 Å². The highest BCUT2D eigenvalue weighted by Crippen LogP contribution is 3.06. The van der Waals surface area contributed by atoms with Gasteiger partial charge in [0.2, 0.25) is 0 Å². The fourth-order valence-electron chi connectivity index (χ4n) is 1.80. The Kier molecular flexibility index (Phi) is 0.727. The molecule has 0 bridgehead atoms. The van der Waals surface area contributed by atoms with Crippen molar-refractivity contribution in [3.05, 3.63) is 21.2 Å². The van der Waals surface area contributed by atoms with E-state index in [1.165, 1.54) is 0 Å². The standard InChI is InChI=1S/C7H2NOPS2/c9-10-2-1-3-4(6(10)5(2)10)8-7(11)12-3/h1H,(H,8,11). The van der Waals surface area contributed by atoms with E-state index in [1.54, 1.807) is 11.3 Å². The van der Waals surface area contributed by atoms with Gasteiger partial charge in [-0.1, -0.05) is 0 Å². The third-order valence-corrected chi connectivity index (χ3v) is 6.39. The molecule has 0 N–H and O–H groups in total. The minimum atomic E-state index is -1.95. The molecule has 3 aliphatic heterocycles. The summed E-state index contributed by atoms with van der Waals surface area (Å²) in [6.07, 6.45) is 2.01. The van der Waals surface area contributed by atoms with Gasteiger partial charge in [-0.25, -0.2) is 4.98 Å². The molecule has 4 heterocycles. The number of hydrogen-bond acceptors (Lipinski definition) is 4. The highest BCUT2D eigenvalue weighted by molar-refractivity contribution is 8.01. The van der Waals surface area contributed by atoms with Crippen LogP contribution in [0.1, 0.15) is 10.6 Å². The summed E-state index contributed by atoms with van der Waals surface area (Å²) in [7, 11) is -1.95. The van der Waals surface area contributed by atoms with Gasteiger partial charge in [0.1, 0.15) is 4.34 Å². The zero-order valence-corrected chi connectivity index (χ0v) is 8.34. The van der Waals surface area contributed by atoms with Crippen LogP contribution < -0.4 is 0 Å². The van der Waals surface area contributed by atoms with Crippen LogP contribution in [-0.4, -0.2) is 4.98 Å². The van der Waals surface area contributed by atoms with E-state index in [1.807, 2.05) is 6.08 Å². The van der Waals surface area contributed by atoms with Gasteiger partial charge < -0.3 is 4.57 Å². The number of fused-ring (bicyclic) bond motifs is 3. The Morgan fingerprint density at radius 1 is 1.50 bits per heavy atom. The van der Waals surface area contributed by atoms with Crippen molar-refractivity contribution in [1.29, 1.82) is 0 Å². The number of allylic oxidation sites excluding steroid dienone is 2. The van der Waals surface area contributed by atoms with Crippen LogP contribution >= 0.6 is 31.1 Å². The molecule has 0 aliphatic carbocycles. The van der Waals surface area contributed by atoms with Crippen molar-refractivity contribution in [3.63, 3.8) is 0 Å². The summed E-state index contributed by atoms with van der Waals surface area (Å²) >= 11 is 5.73. The van der Waals surface area contributed by atoms with Gasteiger partial charge in [-0.3, -0.25) is 0 Å². The normalized spacial score (nSPS) is 32.6. The maximum Gasteiger partial charge on any atom is 0.176 e. The van der Waals surface area contributed by atoms with Crippen molar-refractivity contribution in [2.24, 2.45) is 0 Å². The van der Waals surface area contributed by atoms with Gasteiger partial charge in [0.15, 0.2) is 7.14 Å². The molecule has 58 valence electrons. The smallest absolute Gasteiger partial charge is 0.176 e. The number of aromatic nitrogens is 1. The predicted octanol–water partition coefficient (Wildman–Crippen LogP) is 2.85. The second-order valence-corrected chi connectivity index (χ2v) is 7.40. The van der Waals surface area contributed by atoms with E-state index < -0.39 is 7.14 Å². The molecule has 1 saturated heterocycles. The topological polar surface area (TPSA) is 30.0 Å². The Morgan fingerprint density at radius 2 is 2.25 bits per heavy atom. The summed E-state index contributed by atoms with van der Waals surface area (Å²) in [6.45, 7) is 0. The highest BCUT2D eigenvalue weighted by atomic mass is 32.2. The fourth-order valence-corrected chi connectivity index (χ4v) is 5.87. The molecular weight excluding hydrogens is 209 g/mol. The van der Waals surface area contributed by atoms with Crippen LogP contribution in [-0.2, 0) is 4.57 Å². The van der Waals surface area contributed by atoms with Gasteiger partial charge in [0, 0.05) is 10.6 Å². The number of hydrogen-bond donors (Lipinski definition) is 1. The maximum atomic E-state index is 11.7. The number of thiol groups is 1. The number of rotatable bonds is 0. The Morgan fingerprint density at radius 3 is 3.00 bits per heavy atom. The zero-order chi connectivity index (χ0) is 8.09. The summed E-state index contributed by atoms with van der Waals surface area (Å²) in [4.78, 5) is 5.38. The van der Waals surface area contributed by atoms with Crippen molar-refractivity contribution < 1.29 is 4.57 Å². The van der Waals surface area contributed by atoms with Crippen LogP contribution in [0.5, 0.6) is 0 Å². The van der Waals surface area contributed by atoms with Crippen LogP contribution in [0.2, 0.25) is 0 Å². The van der Waals surface area contributed by atoms with Crippen LogP contribution in [0.25, 0.3) is 11.4 Å². The molecule has 1 aromatic heterocycles. The van der Waals surface area contributed by atoms with E-state index >= 15 is 0 Å². The molecule has 1 atom stereocenters.